The number of carbonyl (C=O) groups is 1. The Hall–Kier alpha value is -1.67. The predicted octanol–water partition coefficient (Wildman–Crippen LogP) is 3.30. The molecule has 2 rings (SSSR count). The Morgan fingerprint density at radius 2 is 1.89 bits per heavy atom. The molecule has 0 bridgehead atoms. The molecule has 2 nitrogen and oxygen atoms in total. The fourth-order valence-corrected chi connectivity index (χ4v) is 2.04. The Morgan fingerprint density at radius 3 is 2.67 bits per heavy atom. The van der Waals surface area contributed by atoms with Gasteiger partial charge < -0.3 is 10.1 Å². The molecule has 0 unspecified atom stereocenters. The molecular formula is C16H19NO. The Morgan fingerprint density at radius 1 is 1.11 bits per heavy atom. The Kier molecular flexibility index (Phi) is 4.48. The van der Waals surface area contributed by atoms with Crippen LogP contribution in [-0.2, 0) is 11.3 Å². The average Bonchev–Trinajstić information content (AvgIpc) is 2.38. The van der Waals surface area contributed by atoms with Crippen LogP contribution >= 0.6 is 0 Å². The first kappa shape index (κ1) is 12.8. The maximum atomic E-state index is 10.8. The molecule has 0 amide bonds. The van der Waals surface area contributed by atoms with Crippen LogP contribution in [0.4, 0.5) is 0 Å². The predicted molar refractivity (Wildman–Crippen MR) is 75.6 cm³/mol. The Labute approximate surface area is 108 Å². The van der Waals surface area contributed by atoms with E-state index in [2.05, 4.69) is 47.8 Å². The third kappa shape index (κ3) is 3.67. The van der Waals surface area contributed by atoms with E-state index < -0.39 is 0 Å². The zero-order chi connectivity index (χ0) is 12.8. The fraction of sp³-hybridized carbons (Fsp3) is 0.312. The number of hydrogen-bond acceptors (Lipinski definition) is 2. The summed E-state index contributed by atoms with van der Waals surface area (Å²) >= 11 is 0. The van der Waals surface area contributed by atoms with Crippen molar-refractivity contribution in [2.45, 2.75) is 26.3 Å². The number of carbonyl (C=O) groups excluding carboxylic acids is 1. The Balaban J connectivity index is 1.86. The zero-order valence-electron chi connectivity index (χ0n) is 10.8. The maximum absolute atomic E-state index is 10.8. The molecule has 2 aromatic carbocycles. The van der Waals surface area contributed by atoms with E-state index in [1.807, 2.05) is 0 Å². The number of nitrogens with one attached hydrogen (secondary N) is 1. The summed E-state index contributed by atoms with van der Waals surface area (Å²) in [7, 11) is 0. The van der Waals surface area contributed by atoms with Crippen molar-refractivity contribution in [2.24, 2.45) is 0 Å². The van der Waals surface area contributed by atoms with E-state index in [1.54, 1.807) is 6.92 Å². The third-order valence-electron chi connectivity index (χ3n) is 3.03. The molecule has 0 saturated heterocycles. The molecule has 0 atom stereocenters. The van der Waals surface area contributed by atoms with E-state index in [0.29, 0.717) is 6.42 Å². The molecule has 2 aromatic rings. The van der Waals surface area contributed by atoms with Crippen molar-refractivity contribution in [3.05, 3.63) is 48.0 Å². The lowest BCUT2D eigenvalue weighted by atomic mass is 10.1. The minimum Gasteiger partial charge on any atom is -0.313 e. The molecule has 0 aromatic heterocycles. The van der Waals surface area contributed by atoms with Gasteiger partial charge in [-0.25, -0.2) is 0 Å². The highest BCUT2D eigenvalue weighted by atomic mass is 16.1. The summed E-state index contributed by atoms with van der Waals surface area (Å²) in [6.07, 6.45) is 1.59. The van der Waals surface area contributed by atoms with Crippen molar-refractivity contribution in [3.8, 4) is 0 Å². The lowest BCUT2D eigenvalue weighted by Gasteiger charge is -2.05. The monoisotopic (exact) mass is 241 g/mol. The highest BCUT2D eigenvalue weighted by molar-refractivity contribution is 5.82. The zero-order valence-corrected chi connectivity index (χ0v) is 10.8. The molecule has 0 spiro atoms. The van der Waals surface area contributed by atoms with Crippen LogP contribution in [-0.4, -0.2) is 12.3 Å². The molecule has 0 fully saturated rings. The first-order valence-electron chi connectivity index (χ1n) is 6.43. The number of fused-ring (bicyclic) bond motifs is 1. The molecule has 0 heterocycles. The highest BCUT2D eigenvalue weighted by Gasteiger charge is 1.97. The molecule has 18 heavy (non-hydrogen) atoms. The molecular weight excluding hydrogens is 222 g/mol. The van der Waals surface area contributed by atoms with E-state index in [1.165, 1.54) is 16.3 Å². The van der Waals surface area contributed by atoms with Crippen molar-refractivity contribution in [3.63, 3.8) is 0 Å². The van der Waals surface area contributed by atoms with Crippen molar-refractivity contribution >= 4 is 16.6 Å². The lowest BCUT2D eigenvalue weighted by molar-refractivity contribution is -0.117. The van der Waals surface area contributed by atoms with Gasteiger partial charge in [0, 0.05) is 13.0 Å². The Bertz CT molecular complexity index is 533. The van der Waals surface area contributed by atoms with Crippen molar-refractivity contribution in [1.29, 1.82) is 0 Å². The van der Waals surface area contributed by atoms with E-state index in [9.17, 15) is 4.79 Å². The van der Waals surface area contributed by atoms with Crippen LogP contribution in [0.2, 0.25) is 0 Å². The van der Waals surface area contributed by atoms with E-state index >= 15 is 0 Å². The maximum Gasteiger partial charge on any atom is 0.129 e. The number of rotatable bonds is 6. The number of Topliss-reactive ketones (excluding diaryl/α,β-unsaturated/α-hetero) is 1. The first-order valence-corrected chi connectivity index (χ1v) is 6.43. The van der Waals surface area contributed by atoms with Crippen molar-refractivity contribution in [1.82, 2.24) is 5.32 Å². The van der Waals surface area contributed by atoms with Gasteiger partial charge in [-0.05, 0) is 42.3 Å². The van der Waals surface area contributed by atoms with Gasteiger partial charge in [0.1, 0.15) is 5.78 Å². The standard InChI is InChI=1S/C16H19NO/c1-13(18)5-4-10-17-12-14-8-9-15-6-2-3-7-16(15)11-14/h2-3,6-9,11,17H,4-5,10,12H2,1H3. The van der Waals surface area contributed by atoms with Crippen LogP contribution in [0, 0.1) is 0 Å². The number of benzene rings is 2. The van der Waals surface area contributed by atoms with Gasteiger partial charge in [0.25, 0.3) is 0 Å². The summed E-state index contributed by atoms with van der Waals surface area (Å²) in [5.74, 6) is 0.266. The second kappa shape index (κ2) is 6.31. The minimum atomic E-state index is 0.266. The van der Waals surface area contributed by atoms with Crippen LogP contribution in [0.5, 0.6) is 0 Å². The summed E-state index contributed by atoms with van der Waals surface area (Å²) < 4.78 is 0. The molecule has 0 radical (unpaired) electrons. The summed E-state index contributed by atoms with van der Waals surface area (Å²) in [5.41, 5.74) is 1.29. The third-order valence-corrected chi connectivity index (χ3v) is 3.03. The molecule has 0 aliphatic heterocycles. The molecule has 0 saturated carbocycles. The van der Waals surface area contributed by atoms with E-state index in [0.717, 1.165) is 19.5 Å². The van der Waals surface area contributed by atoms with Gasteiger partial charge in [-0.3, -0.25) is 0 Å². The second-order valence-electron chi connectivity index (χ2n) is 4.66. The van der Waals surface area contributed by atoms with E-state index in [-0.39, 0.29) is 5.78 Å². The quantitative estimate of drug-likeness (QED) is 0.786. The first-order chi connectivity index (χ1) is 8.75. The van der Waals surface area contributed by atoms with Crippen LogP contribution in [0.15, 0.2) is 42.5 Å². The van der Waals surface area contributed by atoms with Crippen LogP contribution in [0.25, 0.3) is 10.8 Å². The second-order valence-corrected chi connectivity index (χ2v) is 4.66. The van der Waals surface area contributed by atoms with Crippen LogP contribution in [0.1, 0.15) is 25.3 Å². The topological polar surface area (TPSA) is 29.1 Å². The lowest BCUT2D eigenvalue weighted by Crippen LogP contribution is -2.15. The smallest absolute Gasteiger partial charge is 0.129 e. The van der Waals surface area contributed by atoms with Crippen molar-refractivity contribution in [2.75, 3.05) is 6.54 Å². The van der Waals surface area contributed by atoms with Gasteiger partial charge in [-0.1, -0.05) is 36.4 Å². The highest BCUT2D eigenvalue weighted by Crippen LogP contribution is 2.15. The molecule has 2 heteroatoms. The minimum absolute atomic E-state index is 0.266. The average molecular weight is 241 g/mol. The fourth-order valence-electron chi connectivity index (χ4n) is 2.04. The van der Waals surface area contributed by atoms with Crippen LogP contribution in [0.3, 0.4) is 0 Å². The van der Waals surface area contributed by atoms with Gasteiger partial charge >= 0.3 is 0 Å². The van der Waals surface area contributed by atoms with Crippen molar-refractivity contribution < 1.29 is 4.79 Å². The van der Waals surface area contributed by atoms with Gasteiger partial charge in [-0.2, -0.15) is 0 Å². The normalized spacial score (nSPS) is 10.7. The summed E-state index contributed by atoms with van der Waals surface area (Å²) in [6, 6.07) is 14.9. The van der Waals surface area contributed by atoms with Gasteiger partial charge in [-0.15, -0.1) is 0 Å². The number of ketones is 1. The van der Waals surface area contributed by atoms with Gasteiger partial charge in [0.15, 0.2) is 0 Å². The molecule has 0 aliphatic carbocycles. The van der Waals surface area contributed by atoms with E-state index in [4.69, 9.17) is 0 Å². The molecule has 1 N–H and O–H groups in total. The van der Waals surface area contributed by atoms with Gasteiger partial charge in [0.05, 0.1) is 0 Å². The SMILES string of the molecule is CC(=O)CCCNCc1ccc2ccccc2c1. The number of hydrogen-bond donors (Lipinski definition) is 1. The summed E-state index contributed by atoms with van der Waals surface area (Å²) in [4.78, 5) is 10.8. The molecule has 0 aliphatic rings. The summed E-state index contributed by atoms with van der Waals surface area (Å²) in [5, 5.41) is 5.92. The van der Waals surface area contributed by atoms with Gasteiger partial charge in [0.2, 0.25) is 0 Å². The molecule has 94 valence electrons. The largest absolute Gasteiger partial charge is 0.313 e. The summed E-state index contributed by atoms with van der Waals surface area (Å²) in [6.45, 7) is 3.40. The van der Waals surface area contributed by atoms with Crippen LogP contribution < -0.4 is 5.32 Å².